The SMILES string of the molecule is COc1ccc(S(=O)(=O)N2CCOCC2)cc1CCC(=O)N[C@@H](C)c1ccc2c(c1)CCC2. The molecule has 1 amide bonds. The fourth-order valence-corrected chi connectivity index (χ4v) is 6.01. The molecule has 1 saturated heterocycles. The highest BCUT2D eigenvalue weighted by Crippen LogP contribution is 2.27. The number of ether oxygens (including phenoxy) is 2. The highest BCUT2D eigenvalue weighted by Gasteiger charge is 2.27. The zero-order valence-corrected chi connectivity index (χ0v) is 20.1. The van der Waals surface area contributed by atoms with Crippen molar-refractivity contribution in [3.63, 3.8) is 0 Å². The molecule has 0 saturated carbocycles. The predicted molar refractivity (Wildman–Crippen MR) is 126 cm³/mol. The van der Waals surface area contributed by atoms with Gasteiger partial charge >= 0.3 is 0 Å². The Morgan fingerprint density at radius 3 is 2.64 bits per heavy atom. The first-order valence-corrected chi connectivity index (χ1v) is 13.0. The number of aryl methyl sites for hydroxylation is 3. The lowest BCUT2D eigenvalue weighted by Gasteiger charge is -2.26. The number of carbonyl (C=O) groups excluding carboxylic acids is 1. The lowest BCUT2D eigenvalue weighted by atomic mass is 10.0. The standard InChI is InChI=1S/C25H32N2O5S/c1-18(20-7-6-19-4-3-5-21(19)16-20)26-25(28)11-8-22-17-23(9-10-24(22)31-2)33(29,30)27-12-14-32-15-13-27/h6-7,9-10,16-18H,3-5,8,11-15H2,1-2H3,(H,26,28)/t18-/m0/s1. The van der Waals surface area contributed by atoms with Crippen LogP contribution in [-0.2, 0) is 38.8 Å². The lowest BCUT2D eigenvalue weighted by Crippen LogP contribution is -2.40. The van der Waals surface area contributed by atoms with E-state index in [1.807, 2.05) is 6.92 Å². The minimum Gasteiger partial charge on any atom is -0.496 e. The maximum atomic E-state index is 13.0. The number of carbonyl (C=O) groups is 1. The summed E-state index contributed by atoms with van der Waals surface area (Å²) in [5.74, 6) is 0.502. The molecule has 1 atom stereocenters. The molecule has 2 aromatic carbocycles. The van der Waals surface area contributed by atoms with E-state index in [4.69, 9.17) is 9.47 Å². The maximum Gasteiger partial charge on any atom is 0.243 e. The van der Waals surface area contributed by atoms with Crippen LogP contribution in [0.3, 0.4) is 0 Å². The second-order valence-electron chi connectivity index (χ2n) is 8.66. The van der Waals surface area contributed by atoms with Crippen LogP contribution in [0.4, 0.5) is 0 Å². The lowest BCUT2D eigenvalue weighted by molar-refractivity contribution is -0.121. The fraction of sp³-hybridized carbons (Fsp3) is 0.480. The van der Waals surface area contributed by atoms with Gasteiger partial charge in [-0.1, -0.05) is 18.2 Å². The first-order valence-electron chi connectivity index (χ1n) is 11.5. The molecule has 0 radical (unpaired) electrons. The van der Waals surface area contributed by atoms with Gasteiger partial charge in [-0.15, -0.1) is 0 Å². The van der Waals surface area contributed by atoms with Gasteiger partial charge in [0.1, 0.15) is 5.75 Å². The van der Waals surface area contributed by atoms with Gasteiger partial charge in [-0.3, -0.25) is 4.79 Å². The molecule has 178 valence electrons. The predicted octanol–water partition coefficient (Wildman–Crippen LogP) is 3.01. The number of fused-ring (bicyclic) bond motifs is 1. The van der Waals surface area contributed by atoms with Crippen LogP contribution in [0, 0.1) is 0 Å². The summed E-state index contributed by atoms with van der Waals surface area (Å²) in [7, 11) is -2.06. The maximum absolute atomic E-state index is 13.0. The Morgan fingerprint density at radius 2 is 1.88 bits per heavy atom. The highest BCUT2D eigenvalue weighted by atomic mass is 32.2. The first kappa shape index (κ1) is 23.7. The van der Waals surface area contributed by atoms with Crippen molar-refractivity contribution >= 4 is 15.9 Å². The molecule has 1 heterocycles. The van der Waals surface area contributed by atoms with Crippen LogP contribution in [-0.4, -0.2) is 52.0 Å². The van der Waals surface area contributed by atoms with E-state index in [-0.39, 0.29) is 23.3 Å². The van der Waals surface area contributed by atoms with E-state index in [1.165, 1.54) is 21.9 Å². The van der Waals surface area contributed by atoms with Crippen LogP contribution in [0.5, 0.6) is 5.75 Å². The molecule has 1 N–H and O–H groups in total. The second kappa shape index (κ2) is 10.2. The number of amides is 1. The molecule has 1 aliphatic carbocycles. The van der Waals surface area contributed by atoms with E-state index in [0.717, 1.165) is 18.4 Å². The number of nitrogens with zero attached hydrogens (tertiary/aromatic N) is 1. The first-order chi connectivity index (χ1) is 15.9. The quantitative estimate of drug-likeness (QED) is 0.638. The van der Waals surface area contributed by atoms with Crippen LogP contribution in [0.1, 0.15) is 48.1 Å². The van der Waals surface area contributed by atoms with E-state index in [0.29, 0.717) is 44.0 Å². The zero-order valence-electron chi connectivity index (χ0n) is 19.3. The average molecular weight is 473 g/mol. The number of morpholine rings is 1. The van der Waals surface area contributed by atoms with E-state index in [1.54, 1.807) is 25.3 Å². The van der Waals surface area contributed by atoms with Crippen LogP contribution in [0.15, 0.2) is 41.3 Å². The molecule has 7 nitrogen and oxygen atoms in total. The summed E-state index contributed by atoms with van der Waals surface area (Å²) in [6, 6.07) is 11.2. The Balaban J connectivity index is 1.41. The van der Waals surface area contributed by atoms with Crippen molar-refractivity contribution in [1.82, 2.24) is 9.62 Å². The van der Waals surface area contributed by atoms with Gasteiger partial charge in [0.15, 0.2) is 0 Å². The normalized spacial score (nSPS) is 17.4. The number of sulfonamides is 1. The molecule has 0 spiro atoms. The van der Waals surface area contributed by atoms with Crippen molar-refractivity contribution in [1.29, 1.82) is 0 Å². The Labute approximate surface area is 196 Å². The largest absolute Gasteiger partial charge is 0.496 e. The molecule has 0 aromatic heterocycles. The molecule has 2 aliphatic rings. The Bertz CT molecular complexity index is 1110. The summed E-state index contributed by atoms with van der Waals surface area (Å²) in [6.07, 6.45) is 4.07. The van der Waals surface area contributed by atoms with Gasteiger partial charge in [-0.2, -0.15) is 4.31 Å². The van der Waals surface area contributed by atoms with E-state index >= 15 is 0 Å². The number of hydrogen-bond donors (Lipinski definition) is 1. The minimum absolute atomic E-state index is 0.0773. The third kappa shape index (κ3) is 5.39. The average Bonchev–Trinajstić information content (AvgIpc) is 3.31. The Kier molecular flexibility index (Phi) is 7.36. The van der Waals surface area contributed by atoms with Gasteiger partial charge in [0.2, 0.25) is 15.9 Å². The topological polar surface area (TPSA) is 84.9 Å². The minimum atomic E-state index is -3.61. The molecule has 33 heavy (non-hydrogen) atoms. The van der Waals surface area contributed by atoms with E-state index in [2.05, 4.69) is 23.5 Å². The number of nitrogens with one attached hydrogen (secondary N) is 1. The number of hydrogen-bond acceptors (Lipinski definition) is 5. The van der Waals surface area contributed by atoms with Gasteiger partial charge in [-0.05, 0) is 73.1 Å². The fourth-order valence-electron chi connectivity index (χ4n) is 4.55. The number of methoxy groups -OCH3 is 1. The van der Waals surface area contributed by atoms with Crippen LogP contribution in [0.2, 0.25) is 0 Å². The van der Waals surface area contributed by atoms with Crippen molar-refractivity contribution in [2.24, 2.45) is 0 Å². The van der Waals surface area contributed by atoms with Crippen molar-refractivity contribution in [3.05, 3.63) is 58.7 Å². The van der Waals surface area contributed by atoms with Crippen molar-refractivity contribution in [2.45, 2.75) is 50.0 Å². The smallest absolute Gasteiger partial charge is 0.243 e. The second-order valence-corrected chi connectivity index (χ2v) is 10.6. The van der Waals surface area contributed by atoms with Crippen LogP contribution >= 0.6 is 0 Å². The summed E-state index contributed by atoms with van der Waals surface area (Å²) in [4.78, 5) is 12.9. The third-order valence-corrected chi connectivity index (χ3v) is 8.38. The van der Waals surface area contributed by atoms with E-state index < -0.39 is 10.0 Å². The zero-order chi connectivity index (χ0) is 23.4. The molecule has 1 aliphatic heterocycles. The van der Waals surface area contributed by atoms with E-state index in [9.17, 15) is 13.2 Å². The molecule has 0 unspecified atom stereocenters. The van der Waals surface area contributed by atoms with Gasteiger partial charge < -0.3 is 14.8 Å². The third-order valence-electron chi connectivity index (χ3n) is 6.48. The molecule has 1 fully saturated rings. The molecule has 0 bridgehead atoms. The van der Waals surface area contributed by atoms with Crippen molar-refractivity contribution in [2.75, 3.05) is 33.4 Å². The van der Waals surface area contributed by atoms with Crippen LogP contribution < -0.4 is 10.1 Å². The van der Waals surface area contributed by atoms with Crippen LogP contribution in [0.25, 0.3) is 0 Å². The molecular formula is C25H32N2O5S. The van der Waals surface area contributed by atoms with Gasteiger partial charge in [0.25, 0.3) is 0 Å². The molecule has 2 aromatic rings. The van der Waals surface area contributed by atoms with Crippen molar-refractivity contribution < 1.29 is 22.7 Å². The molecule has 8 heteroatoms. The number of rotatable bonds is 8. The summed E-state index contributed by atoms with van der Waals surface area (Å²) < 4.78 is 38.2. The van der Waals surface area contributed by atoms with Crippen molar-refractivity contribution in [3.8, 4) is 5.75 Å². The molecule has 4 rings (SSSR count). The Morgan fingerprint density at radius 1 is 1.12 bits per heavy atom. The Hall–Kier alpha value is -2.42. The van der Waals surface area contributed by atoms with Gasteiger partial charge in [0, 0.05) is 19.5 Å². The summed E-state index contributed by atoms with van der Waals surface area (Å²) in [6.45, 7) is 3.46. The van der Waals surface area contributed by atoms with Gasteiger partial charge in [-0.25, -0.2) is 8.42 Å². The summed E-state index contributed by atoms with van der Waals surface area (Å²) in [5.41, 5.74) is 4.61. The summed E-state index contributed by atoms with van der Waals surface area (Å²) in [5, 5.41) is 3.07. The monoisotopic (exact) mass is 472 g/mol. The highest BCUT2D eigenvalue weighted by molar-refractivity contribution is 7.89. The molecular weight excluding hydrogens is 440 g/mol. The number of benzene rings is 2. The summed E-state index contributed by atoms with van der Waals surface area (Å²) >= 11 is 0. The van der Waals surface area contributed by atoms with Gasteiger partial charge in [0.05, 0.1) is 31.3 Å².